The van der Waals surface area contributed by atoms with E-state index >= 15 is 0 Å². The molecular weight excluding hydrogens is 254 g/mol. The van der Waals surface area contributed by atoms with Crippen molar-refractivity contribution >= 4 is 22.8 Å². The first-order valence-electron chi connectivity index (χ1n) is 6.86. The molecule has 2 aromatic heterocycles. The fraction of sp³-hybridized carbons (Fsp3) is 0.500. The lowest BCUT2D eigenvalue weighted by Crippen LogP contribution is -2.30. The van der Waals surface area contributed by atoms with Crippen molar-refractivity contribution in [2.45, 2.75) is 46.2 Å². The minimum absolute atomic E-state index is 0.131. The van der Waals surface area contributed by atoms with Gasteiger partial charge in [0.15, 0.2) is 0 Å². The monoisotopic (exact) mass is 273 g/mol. The number of rotatable bonds is 2. The van der Waals surface area contributed by atoms with Crippen LogP contribution in [0.3, 0.4) is 0 Å². The van der Waals surface area contributed by atoms with Crippen LogP contribution in [-0.2, 0) is 11.3 Å². The summed E-state index contributed by atoms with van der Waals surface area (Å²) in [5, 5.41) is 3.93. The molecule has 0 radical (unpaired) electrons. The molecule has 3 heterocycles. The van der Waals surface area contributed by atoms with Gasteiger partial charge in [-0.15, -0.1) is 0 Å². The highest BCUT2D eigenvalue weighted by molar-refractivity contribution is 5.91. The molecule has 0 aromatic carbocycles. The van der Waals surface area contributed by atoms with Crippen LogP contribution in [-0.4, -0.2) is 26.5 Å². The van der Waals surface area contributed by atoms with Crippen LogP contribution in [0.5, 0.6) is 0 Å². The van der Waals surface area contributed by atoms with Gasteiger partial charge in [0.1, 0.15) is 17.3 Å². The second kappa shape index (κ2) is 4.47. The Kier molecular flexibility index (Phi) is 2.88. The van der Waals surface area contributed by atoms with Crippen LogP contribution in [0, 0.1) is 20.8 Å². The lowest BCUT2D eigenvalue weighted by molar-refractivity contribution is -0.119. The molecule has 1 amide bonds. The highest BCUT2D eigenvalue weighted by atomic mass is 16.1. The summed E-state index contributed by atoms with van der Waals surface area (Å²) in [6.07, 6.45) is 1.48. The normalized spacial score (nSPS) is 18.8. The quantitative estimate of drug-likeness (QED) is 0.861. The molecule has 1 aliphatic rings. The molecule has 3 rings (SSSR count). The second-order valence-electron chi connectivity index (χ2n) is 5.48. The van der Waals surface area contributed by atoms with Gasteiger partial charge < -0.3 is 15.6 Å². The summed E-state index contributed by atoms with van der Waals surface area (Å²) in [6, 6.07) is 0.174. The first-order valence-corrected chi connectivity index (χ1v) is 6.86. The maximum Gasteiger partial charge on any atom is 0.220 e. The fourth-order valence-corrected chi connectivity index (χ4v) is 2.93. The molecule has 20 heavy (non-hydrogen) atoms. The highest BCUT2D eigenvalue weighted by Gasteiger charge is 2.24. The lowest BCUT2D eigenvalue weighted by Gasteiger charge is -2.14. The number of amides is 1. The molecule has 1 unspecified atom stereocenters. The van der Waals surface area contributed by atoms with E-state index in [1.807, 2.05) is 13.8 Å². The number of nitrogens with zero attached hydrogens (tertiary/aromatic N) is 3. The van der Waals surface area contributed by atoms with E-state index in [9.17, 15) is 4.79 Å². The number of carbonyl (C=O) groups is 1. The zero-order chi connectivity index (χ0) is 14.4. The van der Waals surface area contributed by atoms with Crippen LogP contribution in [0.4, 0.5) is 5.82 Å². The average molecular weight is 273 g/mol. The summed E-state index contributed by atoms with van der Waals surface area (Å²) in [5.41, 5.74) is 9.15. The summed E-state index contributed by atoms with van der Waals surface area (Å²) in [6.45, 7) is 6.67. The molecule has 6 heteroatoms. The Morgan fingerprint density at radius 3 is 2.75 bits per heavy atom. The van der Waals surface area contributed by atoms with E-state index in [1.165, 1.54) is 0 Å². The number of nitrogen functional groups attached to an aromatic ring is 1. The molecule has 0 spiro atoms. The molecule has 106 valence electrons. The Bertz CT molecular complexity index is 703. The van der Waals surface area contributed by atoms with Gasteiger partial charge in [-0.05, 0) is 32.8 Å². The number of aryl methyl sites for hydroxylation is 2. The van der Waals surface area contributed by atoms with Crippen LogP contribution in [0.2, 0.25) is 0 Å². The minimum atomic E-state index is 0.131. The van der Waals surface area contributed by atoms with E-state index < -0.39 is 0 Å². The van der Waals surface area contributed by atoms with Gasteiger partial charge in [-0.25, -0.2) is 9.97 Å². The van der Waals surface area contributed by atoms with Crippen molar-refractivity contribution in [3.8, 4) is 0 Å². The summed E-state index contributed by atoms with van der Waals surface area (Å²) >= 11 is 0. The van der Waals surface area contributed by atoms with Crippen LogP contribution < -0.4 is 11.1 Å². The van der Waals surface area contributed by atoms with Gasteiger partial charge in [-0.1, -0.05) is 0 Å². The number of anilines is 1. The number of aromatic nitrogens is 3. The molecule has 1 atom stereocenters. The van der Waals surface area contributed by atoms with Crippen LogP contribution in [0.1, 0.15) is 29.9 Å². The molecule has 2 aromatic rings. The van der Waals surface area contributed by atoms with Crippen molar-refractivity contribution in [2.75, 3.05) is 5.73 Å². The average Bonchev–Trinajstić information content (AvgIpc) is 2.87. The van der Waals surface area contributed by atoms with Crippen molar-refractivity contribution in [1.29, 1.82) is 0 Å². The second-order valence-corrected chi connectivity index (χ2v) is 5.48. The first-order chi connectivity index (χ1) is 9.47. The molecule has 0 bridgehead atoms. The fourth-order valence-electron chi connectivity index (χ4n) is 2.93. The van der Waals surface area contributed by atoms with Crippen molar-refractivity contribution in [1.82, 2.24) is 19.9 Å². The molecular formula is C14H19N5O. The van der Waals surface area contributed by atoms with E-state index in [0.29, 0.717) is 18.1 Å². The topological polar surface area (TPSA) is 85.8 Å². The Balaban J connectivity index is 2.10. The zero-order valence-electron chi connectivity index (χ0n) is 12.0. The van der Waals surface area contributed by atoms with Crippen LogP contribution >= 0.6 is 0 Å². The SMILES string of the molecule is Cc1nc(N)c2c(C)c(C)n(CC3CCC(=O)N3)c2n1. The summed E-state index contributed by atoms with van der Waals surface area (Å²) < 4.78 is 2.14. The smallest absolute Gasteiger partial charge is 0.220 e. The summed E-state index contributed by atoms with van der Waals surface area (Å²) in [4.78, 5) is 20.1. The highest BCUT2D eigenvalue weighted by Crippen LogP contribution is 2.28. The number of nitrogens with one attached hydrogen (secondary N) is 1. The number of hydrogen-bond acceptors (Lipinski definition) is 4. The maximum absolute atomic E-state index is 11.3. The number of carbonyl (C=O) groups excluding carboxylic acids is 1. The third-order valence-corrected chi connectivity index (χ3v) is 4.10. The third-order valence-electron chi connectivity index (χ3n) is 4.10. The van der Waals surface area contributed by atoms with E-state index in [0.717, 1.165) is 35.3 Å². The predicted octanol–water partition coefficient (Wildman–Crippen LogP) is 1.22. The Morgan fingerprint density at radius 2 is 2.10 bits per heavy atom. The van der Waals surface area contributed by atoms with Crippen molar-refractivity contribution in [3.05, 3.63) is 17.1 Å². The molecule has 1 fully saturated rings. The van der Waals surface area contributed by atoms with E-state index in [2.05, 4.69) is 26.8 Å². The number of fused-ring (bicyclic) bond motifs is 1. The van der Waals surface area contributed by atoms with E-state index in [1.54, 1.807) is 0 Å². The number of nitrogens with two attached hydrogens (primary N) is 1. The van der Waals surface area contributed by atoms with Crippen LogP contribution in [0.15, 0.2) is 0 Å². The van der Waals surface area contributed by atoms with Crippen molar-refractivity contribution < 1.29 is 4.79 Å². The first kappa shape index (κ1) is 12.9. The summed E-state index contributed by atoms with van der Waals surface area (Å²) in [5.74, 6) is 1.33. The van der Waals surface area contributed by atoms with E-state index in [-0.39, 0.29) is 11.9 Å². The Morgan fingerprint density at radius 1 is 1.35 bits per heavy atom. The molecule has 0 saturated carbocycles. The molecule has 6 nitrogen and oxygen atoms in total. The summed E-state index contributed by atoms with van der Waals surface area (Å²) in [7, 11) is 0. The molecule has 0 aliphatic carbocycles. The van der Waals surface area contributed by atoms with Gasteiger partial charge >= 0.3 is 0 Å². The largest absolute Gasteiger partial charge is 0.383 e. The van der Waals surface area contributed by atoms with Crippen molar-refractivity contribution in [3.63, 3.8) is 0 Å². The predicted molar refractivity (Wildman–Crippen MR) is 77.3 cm³/mol. The molecule has 1 saturated heterocycles. The van der Waals surface area contributed by atoms with Crippen LogP contribution in [0.25, 0.3) is 11.0 Å². The minimum Gasteiger partial charge on any atom is -0.383 e. The van der Waals surface area contributed by atoms with Gasteiger partial charge in [-0.2, -0.15) is 0 Å². The van der Waals surface area contributed by atoms with Gasteiger partial charge in [0.05, 0.1) is 5.39 Å². The Labute approximate surface area is 117 Å². The van der Waals surface area contributed by atoms with Gasteiger partial charge in [0.2, 0.25) is 5.91 Å². The maximum atomic E-state index is 11.3. The Hall–Kier alpha value is -2.11. The van der Waals surface area contributed by atoms with Gasteiger partial charge in [-0.3, -0.25) is 4.79 Å². The van der Waals surface area contributed by atoms with E-state index in [4.69, 9.17) is 5.73 Å². The lowest BCUT2D eigenvalue weighted by atomic mass is 10.2. The molecule has 3 N–H and O–H groups in total. The zero-order valence-corrected chi connectivity index (χ0v) is 12.0. The van der Waals surface area contributed by atoms with Crippen molar-refractivity contribution in [2.24, 2.45) is 0 Å². The molecule has 1 aliphatic heterocycles. The third kappa shape index (κ3) is 1.92. The van der Waals surface area contributed by atoms with Gasteiger partial charge in [0, 0.05) is 24.7 Å². The van der Waals surface area contributed by atoms with Gasteiger partial charge in [0.25, 0.3) is 0 Å². The number of hydrogen-bond donors (Lipinski definition) is 2. The standard InChI is InChI=1S/C14H19N5O/c1-7-8(2)19(6-10-4-5-11(20)18-10)14-12(7)13(15)16-9(3)17-14/h10H,4-6H2,1-3H3,(H,18,20)(H2,15,16,17).